The van der Waals surface area contributed by atoms with Crippen molar-refractivity contribution < 1.29 is 24.3 Å². The molecule has 0 aliphatic heterocycles. The number of amides is 3. The van der Waals surface area contributed by atoms with E-state index < -0.39 is 35.2 Å². The van der Waals surface area contributed by atoms with Gasteiger partial charge in [0.25, 0.3) is 0 Å². The van der Waals surface area contributed by atoms with Crippen molar-refractivity contribution in [2.45, 2.75) is 115 Å². The molecule has 252 valence electrons. The van der Waals surface area contributed by atoms with E-state index in [1.165, 1.54) is 16.7 Å². The summed E-state index contributed by atoms with van der Waals surface area (Å²) in [4.78, 5) is 52.5. The van der Waals surface area contributed by atoms with Crippen LogP contribution in [0, 0.1) is 22.7 Å². The number of anilines is 2. The van der Waals surface area contributed by atoms with Crippen molar-refractivity contribution in [3.05, 3.63) is 58.7 Å². The van der Waals surface area contributed by atoms with Crippen LogP contribution >= 0.6 is 0 Å². The number of benzene rings is 2. The lowest BCUT2D eigenvalue weighted by atomic mass is 9.49. The fraction of sp³-hybridized carbons (Fsp3) is 0.579. The maximum Gasteiger partial charge on any atom is 0.305 e. The number of carbonyl (C=O) groups excluding carboxylic acids is 3. The van der Waals surface area contributed by atoms with Gasteiger partial charge in [0.15, 0.2) is 0 Å². The molecule has 0 bridgehead atoms. The highest BCUT2D eigenvalue weighted by Crippen LogP contribution is 2.59. The van der Waals surface area contributed by atoms with Crippen molar-refractivity contribution >= 4 is 35.1 Å². The normalized spacial score (nSPS) is 33.2. The number of nitrogen functional groups attached to an aromatic ring is 1. The number of aliphatic carboxylic acids is 1. The average Bonchev–Trinajstić information content (AvgIpc) is 3.01. The zero-order valence-electron chi connectivity index (χ0n) is 28.2. The molecule has 0 aromatic heterocycles. The molecule has 2 aromatic rings. The lowest BCUT2D eigenvalue weighted by molar-refractivity contribution is -0.150. The second-order valence-electron chi connectivity index (χ2n) is 15.8. The van der Waals surface area contributed by atoms with Crippen LogP contribution in [0.5, 0.6) is 0 Å². The summed E-state index contributed by atoms with van der Waals surface area (Å²) in [6, 6.07) is 10.9. The number of hydrogen-bond donors (Lipinski definition) is 5. The molecule has 2 fully saturated rings. The number of carboxylic acid groups (broad SMARTS) is 1. The molecule has 0 radical (unpaired) electrons. The summed E-state index contributed by atoms with van der Waals surface area (Å²) in [6.45, 7) is 8.60. The third-order valence-corrected chi connectivity index (χ3v) is 13.0. The van der Waals surface area contributed by atoms with E-state index in [0.717, 1.165) is 69.0 Å². The molecule has 2 saturated carbocycles. The van der Waals surface area contributed by atoms with Gasteiger partial charge in [-0.25, -0.2) is 0 Å². The van der Waals surface area contributed by atoms with Crippen LogP contribution in [0.25, 0.3) is 0 Å². The summed E-state index contributed by atoms with van der Waals surface area (Å²) in [7, 11) is 0. The number of aryl methyl sites for hydroxylation is 2. The minimum Gasteiger partial charge on any atom is -0.481 e. The Morgan fingerprint density at radius 1 is 0.809 bits per heavy atom. The van der Waals surface area contributed by atoms with Gasteiger partial charge in [0, 0.05) is 11.4 Å². The van der Waals surface area contributed by atoms with Crippen molar-refractivity contribution in [3.8, 4) is 0 Å². The van der Waals surface area contributed by atoms with Crippen LogP contribution in [-0.2, 0) is 42.8 Å². The Bertz CT molecular complexity index is 1640. The van der Waals surface area contributed by atoms with Gasteiger partial charge in [-0.1, -0.05) is 52.7 Å². The van der Waals surface area contributed by atoms with Crippen LogP contribution in [0.2, 0.25) is 0 Å². The average molecular weight is 643 g/mol. The lowest BCUT2D eigenvalue weighted by Gasteiger charge is -2.56. The number of carbonyl (C=O) groups is 4. The fourth-order valence-electron chi connectivity index (χ4n) is 10.5. The Kier molecular flexibility index (Phi) is 8.30. The van der Waals surface area contributed by atoms with Gasteiger partial charge in [-0.2, -0.15) is 0 Å². The molecule has 3 amide bonds. The van der Waals surface area contributed by atoms with Gasteiger partial charge in [0.05, 0.1) is 23.3 Å². The molecule has 1 unspecified atom stereocenters. The van der Waals surface area contributed by atoms with Crippen molar-refractivity contribution in [3.63, 3.8) is 0 Å². The molecular formula is C38H50N4O5. The quantitative estimate of drug-likeness (QED) is 0.209. The smallest absolute Gasteiger partial charge is 0.305 e. The number of imide groups is 1. The van der Waals surface area contributed by atoms with Crippen LogP contribution in [0.4, 0.5) is 11.4 Å². The van der Waals surface area contributed by atoms with Crippen molar-refractivity contribution in [1.29, 1.82) is 0 Å². The molecule has 6 rings (SSSR count). The molecule has 9 nitrogen and oxygen atoms in total. The van der Waals surface area contributed by atoms with E-state index in [4.69, 9.17) is 16.6 Å². The Morgan fingerprint density at radius 2 is 1.32 bits per heavy atom. The van der Waals surface area contributed by atoms with Crippen LogP contribution < -0.4 is 22.1 Å². The largest absolute Gasteiger partial charge is 0.481 e. The molecule has 4 aliphatic rings. The highest BCUT2D eigenvalue weighted by Gasteiger charge is 2.58. The van der Waals surface area contributed by atoms with Crippen molar-refractivity contribution in [1.82, 2.24) is 5.32 Å². The minimum absolute atomic E-state index is 0.00164. The molecule has 9 heteroatoms. The molecule has 4 aliphatic carbocycles. The summed E-state index contributed by atoms with van der Waals surface area (Å²) in [5.74, 6) is -1.91. The lowest BCUT2D eigenvalue weighted by Crippen LogP contribution is -2.60. The second kappa shape index (κ2) is 11.8. The van der Waals surface area contributed by atoms with Crippen LogP contribution in [0.3, 0.4) is 0 Å². The standard InChI is InChI=1S/C38H50N4O5/c1-35-15-5-17-37(3,29(35)13-9-22-7-11-24(39)19-26(22)35)33(46)42-34(47)38(4)18-6-16-36(2)27-20-25(12-8-23(27)10-14-30(36)38)41-32(45)28(40)21-31(43)44/h7-8,11-12,19-20,28-30H,5-6,9-10,13-18,21,39-40H2,1-4H3,(H,41,45)(H,43,44)(H,42,46,47)/t28?,29-,30-,35-,36-,37+,38+/m1/s1. The van der Waals surface area contributed by atoms with E-state index in [1.54, 1.807) is 0 Å². The van der Waals surface area contributed by atoms with Crippen LogP contribution in [0.15, 0.2) is 36.4 Å². The van der Waals surface area contributed by atoms with Gasteiger partial charge < -0.3 is 21.9 Å². The number of carboxylic acids is 1. The number of fused-ring (bicyclic) bond motifs is 6. The number of rotatable bonds is 6. The third kappa shape index (κ3) is 5.44. The summed E-state index contributed by atoms with van der Waals surface area (Å²) < 4.78 is 0. The predicted octanol–water partition coefficient (Wildman–Crippen LogP) is 5.37. The summed E-state index contributed by atoms with van der Waals surface area (Å²) in [6.07, 6.45) is 8.05. The zero-order valence-corrected chi connectivity index (χ0v) is 28.2. The maximum atomic E-state index is 14.4. The van der Waals surface area contributed by atoms with Crippen LogP contribution in [0.1, 0.15) is 108 Å². The predicted molar refractivity (Wildman–Crippen MR) is 182 cm³/mol. The van der Waals surface area contributed by atoms with E-state index in [2.05, 4.69) is 43.5 Å². The number of nitrogens with two attached hydrogens (primary N) is 2. The molecular weight excluding hydrogens is 592 g/mol. The molecule has 0 saturated heterocycles. The van der Waals surface area contributed by atoms with Crippen LogP contribution in [-0.4, -0.2) is 34.8 Å². The monoisotopic (exact) mass is 642 g/mol. The minimum atomic E-state index is -1.16. The fourth-order valence-corrected chi connectivity index (χ4v) is 10.5. The first kappa shape index (κ1) is 33.2. The van der Waals surface area contributed by atoms with Gasteiger partial charge in [0.1, 0.15) is 0 Å². The molecule has 0 heterocycles. The van der Waals surface area contributed by atoms with Gasteiger partial charge in [-0.3, -0.25) is 24.5 Å². The van der Waals surface area contributed by atoms with E-state index in [0.29, 0.717) is 12.1 Å². The molecule has 2 aromatic carbocycles. The summed E-state index contributed by atoms with van der Waals surface area (Å²) in [5, 5.41) is 14.8. The van der Waals surface area contributed by atoms with Crippen molar-refractivity contribution in [2.75, 3.05) is 11.1 Å². The summed E-state index contributed by atoms with van der Waals surface area (Å²) in [5.41, 5.74) is 16.3. The molecule has 47 heavy (non-hydrogen) atoms. The summed E-state index contributed by atoms with van der Waals surface area (Å²) >= 11 is 0. The Balaban J connectivity index is 1.23. The molecule has 0 spiro atoms. The first-order valence-electron chi connectivity index (χ1n) is 17.3. The number of hydrogen-bond acceptors (Lipinski definition) is 6. The maximum absolute atomic E-state index is 14.4. The first-order chi connectivity index (χ1) is 22.1. The highest BCUT2D eigenvalue weighted by atomic mass is 16.4. The number of nitrogens with one attached hydrogen (secondary N) is 2. The highest BCUT2D eigenvalue weighted by molar-refractivity contribution is 6.01. The SMILES string of the molecule is C[C@]1(C(=O)NC(=O)[C@@]2(C)CCC[C@]3(C)c4cc(NC(=O)C(N)CC(=O)O)ccc4CC[C@@H]23)CCC[C@]2(C)c3cc(N)ccc3CC[C@@H]12. The van der Waals surface area contributed by atoms with E-state index in [-0.39, 0.29) is 34.5 Å². The van der Waals surface area contributed by atoms with Gasteiger partial charge in [0.2, 0.25) is 17.7 Å². The van der Waals surface area contributed by atoms with Crippen molar-refractivity contribution in [2.24, 2.45) is 28.4 Å². The zero-order chi connectivity index (χ0) is 33.9. The van der Waals surface area contributed by atoms with E-state index in [9.17, 15) is 19.2 Å². The van der Waals surface area contributed by atoms with E-state index in [1.807, 2.05) is 31.2 Å². The Morgan fingerprint density at radius 3 is 1.85 bits per heavy atom. The Labute approximate surface area is 277 Å². The van der Waals surface area contributed by atoms with Gasteiger partial charge >= 0.3 is 5.97 Å². The van der Waals surface area contributed by atoms with Gasteiger partial charge in [-0.15, -0.1) is 0 Å². The molecule has 7 N–H and O–H groups in total. The topological polar surface area (TPSA) is 165 Å². The third-order valence-electron chi connectivity index (χ3n) is 13.0. The molecule has 7 atom stereocenters. The van der Waals surface area contributed by atoms with E-state index >= 15 is 0 Å². The Hall–Kier alpha value is -3.72. The van der Waals surface area contributed by atoms with Gasteiger partial charge in [-0.05, 0) is 121 Å². The first-order valence-corrected chi connectivity index (χ1v) is 17.3. The second-order valence-corrected chi connectivity index (χ2v) is 15.8.